The Morgan fingerprint density at radius 3 is 2.52 bits per heavy atom. The van der Waals surface area contributed by atoms with Crippen LogP contribution in [0.3, 0.4) is 0 Å². The van der Waals surface area contributed by atoms with E-state index >= 15 is 0 Å². The zero-order chi connectivity index (χ0) is 15.1. The zero-order valence-electron chi connectivity index (χ0n) is 13.8. The third kappa shape index (κ3) is 4.21. The van der Waals surface area contributed by atoms with Crippen molar-refractivity contribution in [3.05, 3.63) is 29.8 Å². The SMILES string of the molecule is CCNC(CC)c1ccccc1N1CCC(OCC)CC1. The van der Waals surface area contributed by atoms with Crippen LogP contribution < -0.4 is 10.2 Å². The Kier molecular flexibility index (Phi) is 6.52. The summed E-state index contributed by atoms with van der Waals surface area (Å²) in [6, 6.07) is 9.32. The third-order valence-electron chi connectivity index (χ3n) is 4.36. The smallest absolute Gasteiger partial charge is 0.0608 e. The van der Waals surface area contributed by atoms with Crippen LogP contribution in [0.5, 0.6) is 0 Å². The average molecular weight is 290 g/mol. The van der Waals surface area contributed by atoms with E-state index in [1.165, 1.54) is 11.3 Å². The molecule has 1 aliphatic rings. The predicted octanol–water partition coefficient (Wildman–Crippen LogP) is 3.75. The van der Waals surface area contributed by atoms with Gasteiger partial charge in [0.05, 0.1) is 6.10 Å². The van der Waals surface area contributed by atoms with Gasteiger partial charge >= 0.3 is 0 Å². The van der Waals surface area contributed by atoms with Gasteiger partial charge in [0.1, 0.15) is 0 Å². The second-order valence-corrected chi connectivity index (χ2v) is 5.72. The number of hydrogen-bond acceptors (Lipinski definition) is 3. The second kappa shape index (κ2) is 8.40. The highest BCUT2D eigenvalue weighted by Gasteiger charge is 2.22. The molecule has 0 radical (unpaired) electrons. The summed E-state index contributed by atoms with van der Waals surface area (Å²) in [5, 5.41) is 3.61. The number of nitrogens with zero attached hydrogens (tertiary/aromatic N) is 1. The summed E-state index contributed by atoms with van der Waals surface area (Å²) < 4.78 is 5.77. The highest BCUT2D eigenvalue weighted by atomic mass is 16.5. The Morgan fingerprint density at radius 1 is 1.19 bits per heavy atom. The zero-order valence-corrected chi connectivity index (χ0v) is 13.8. The van der Waals surface area contributed by atoms with E-state index in [4.69, 9.17) is 4.74 Å². The van der Waals surface area contributed by atoms with Gasteiger partial charge in [0.15, 0.2) is 0 Å². The fourth-order valence-corrected chi connectivity index (χ4v) is 3.29. The maximum Gasteiger partial charge on any atom is 0.0608 e. The molecule has 3 heteroatoms. The molecule has 1 heterocycles. The number of ether oxygens (including phenoxy) is 1. The van der Waals surface area contributed by atoms with Gasteiger partial charge in [-0.3, -0.25) is 0 Å². The molecule has 0 bridgehead atoms. The van der Waals surface area contributed by atoms with Crippen molar-refractivity contribution in [2.75, 3.05) is 31.1 Å². The first-order chi connectivity index (χ1) is 10.3. The van der Waals surface area contributed by atoms with Crippen LogP contribution in [-0.2, 0) is 4.74 Å². The van der Waals surface area contributed by atoms with Crippen molar-refractivity contribution < 1.29 is 4.74 Å². The number of benzene rings is 1. The van der Waals surface area contributed by atoms with Gasteiger partial charge in [-0.25, -0.2) is 0 Å². The molecule has 0 aromatic heterocycles. The number of piperidine rings is 1. The summed E-state index contributed by atoms with van der Waals surface area (Å²) in [4.78, 5) is 2.53. The molecule has 0 spiro atoms. The Hall–Kier alpha value is -1.06. The van der Waals surface area contributed by atoms with Gasteiger partial charge in [0.25, 0.3) is 0 Å². The minimum Gasteiger partial charge on any atom is -0.378 e. The molecule has 118 valence electrons. The largest absolute Gasteiger partial charge is 0.378 e. The summed E-state index contributed by atoms with van der Waals surface area (Å²) in [7, 11) is 0. The number of anilines is 1. The van der Waals surface area contributed by atoms with Crippen molar-refractivity contribution in [2.24, 2.45) is 0 Å². The van der Waals surface area contributed by atoms with E-state index in [0.29, 0.717) is 12.1 Å². The summed E-state index contributed by atoms with van der Waals surface area (Å²) in [6.07, 6.45) is 3.86. The Labute approximate surface area is 129 Å². The van der Waals surface area contributed by atoms with Crippen LogP contribution >= 0.6 is 0 Å². The molecule has 1 N–H and O–H groups in total. The lowest BCUT2D eigenvalue weighted by Gasteiger charge is -2.35. The summed E-state index contributed by atoms with van der Waals surface area (Å²) in [5.74, 6) is 0. The van der Waals surface area contributed by atoms with Gasteiger partial charge in [0.2, 0.25) is 0 Å². The second-order valence-electron chi connectivity index (χ2n) is 5.72. The van der Waals surface area contributed by atoms with Crippen LogP contribution in [0.25, 0.3) is 0 Å². The fourth-order valence-electron chi connectivity index (χ4n) is 3.29. The molecule has 1 aromatic carbocycles. The van der Waals surface area contributed by atoms with E-state index in [1.54, 1.807) is 0 Å². The fraction of sp³-hybridized carbons (Fsp3) is 0.667. The minimum absolute atomic E-state index is 0.453. The van der Waals surface area contributed by atoms with Gasteiger partial charge in [-0.1, -0.05) is 32.0 Å². The molecule has 3 nitrogen and oxygen atoms in total. The first-order valence-electron chi connectivity index (χ1n) is 8.48. The van der Waals surface area contributed by atoms with Gasteiger partial charge in [-0.05, 0) is 44.4 Å². The van der Waals surface area contributed by atoms with E-state index in [1.807, 2.05) is 0 Å². The van der Waals surface area contributed by atoms with Gasteiger partial charge in [0, 0.05) is 31.4 Å². The first kappa shape index (κ1) is 16.3. The standard InChI is InChI=1S/C18H30N2O/c1-4-17(19-5-2)16-9-7-8-10-18(16)20-13-11-15(12-14-20)21-6-3/h7-10,15,17,19H,4-6,11-14H2,1-3H3. The quantitative estimate of drug-likeness (QED) is 0.827. The molecule has 0 amide bonds. The number of rotatable bonds is 7. The van der Waals surface area contributed by atoms with Crippen molar-refractivity contribution in [2.45, 2.75) is 52.2 Å². The molecule has 1 saturated heterocycles. The molecule has 1 unspecified atom stereocenters. The predicted molar refractivity (Wildman–Crippen MR) is 90.0 cm³/mol. The third-order valence-corrected chi connectivity index (χ3v) is 4.36. The van der Waals surface area contributed by atoms with Crippen molar-refractivity contribution in [3.63, 3.8) is 0 Å². The van der Waals surface area contributed by atoms with Crippen LogP contribution in [0, 0.1) is 0 Å². The minimum atomic E-state index is 0.453. The van der Waals surface area contributed by atoms with Crippen LogP contribution in [0.1, 0.15) is 51.6 Å². The highest BCUT2D eigenvalue weighted by Crippen LogP contribution is 2.30. The maximum absolute atomic E-state index is 5.77. The Balaban J connectivity index is 2.10. The van der Waals surface area contributed by atoms with Crippen LogP contribution in [-0.4, -0.2) is 32.3 Å². The molecule has 1 aromatic rings. The number of hydrogen-bond donors (Lipinski definition) is 1. The van der Waals surface area contributed by atoms with E-state index in [0.717, 1.165) is 45.5 Å². The summed E-state index contributed by atoms with van der Waals surface area (Å²) in [5.41, 5.74) is 2.84. The molecule has 0 aliphatic carbocycles. The topological polar surface area (TPSA) is 24.5 Å². The van der Waals surface area contributed by atoms with E-state index in [-0.39, 0.29) is 0 Å². The lowest BCUT2D eigenvalue weighted by molar-refractivity contribution is 0.0459. The molecule has 2 rings (SSSR count). The Bertz CT molecular complexity index is 413. The average Bonchev–Trinajstić information content (AvgIpc) is 2.54. The number of nitrogens with one attached hydrogen (secondary N) is 1. The molecular weight excluding hydrogens is 260 g/mol. The van der Waals surface area contributed by atoms with Crippen molar-refractivity contribution >= 4 is 5.69 Å². The van der Waals surface area contributed by atoms with Crippen LogP contribution in [0.4, 0.5) is 5.69 Å². The van der Waals surface area contributed by atoms with E-state index in [9.17, 15) is 0 Å². The number of para-hydroxylation sites is 1. The van der Waals surface area contributed by atoms with Gasteiger partial charge in [-0.15, -0.1) is 0 Å². The summed E-state index contributed by atoms with van der Waals surface area (Å²) in [6.45, 7) is 10.6. The lowest BCUT2D eigenvalue weighted by Crippen LogP contribution is -2.38. The Morgan fingerprint density at radius 2 is 1.90 bits per heavy atom. The maximum atomic E-state index is 5.77. The van der Waals surface area contributed by atoms with Gasteiger partial charge in [-0.2, -0.15) is 0 Å². The molecular formula is C18H30N2O. The van der Waals surface area contributed by atoms with Gasteiger partial charge < -0.3 is 15.0 Å². The molecule has 21 heavy (non-hydrogen) atoms. The van der Waals surface area contributed by atoms with E-state index in [2.05, 4.69) is 55.3 Å². The van der Waals surface area contributed by atoms with E-state index < -0.39 is 0 Å². The van der Waals surface area contributed by atoms with Crippen LogP contribution in [0.2, 0.25) is 0 Å². The van der Waals surface area contributed by atoms with Crippen LogP contribution in [0.15, 0.2) is 24.3 Å². The molecule has 1 fully saturated rings. The monoisotopic (exact) mass is 290 g/mol. The highest BCUT2D eigenvalue weighted by molar-refractivity contribution is 5.55. The van der Waals surface area contributed by atoms with Crippen molar-refractivity contribution in [3.8, 4) is 0 Å². The molecule has 1 atom stereocenters. The molecule has 0 saturated carbocycles. The first-order valence-corrected chi connectivity index (χ1v) is 8.48. The van der Waals surface area contributed by atoms with Crippen molar-refractivity contribution in [1.29, 1.82) is 0 Å². The lowest BCUT2D eigenvalue weighted by atomic mass is 9.99. The van der Waals surface area contributed by atoms with Crippen molar-refractivity contribution in [1.82, 2.24) is 5.32 Å². The molecule has 1 aliphatic heterocycles. The summed E-state index contributed by atoms with van der Waals surface area (Å²) >= 11 is 0. The normalized spacial score (nSPS) is 18.0.